The van der Waals surface area contributed by atoms with Crippen molar-refractivity contribution >= 4 is 0 Å². The summed E-state index contributed by atoms with van der Waals surface area (Å²) in [7, 11) is 0. The summed E-state index contributed by atoms with van der Waals surface area (Å²) in [6.45, 7) is 3.17. The van der Waals surface area contributed by atoms with Crippen molar-refractivity contribution in [2.24, 2.45) is 11.5 Å². The van der Waals surface area contributed by atoms with Crippen molar-refractivity contribution in [3.05, 3.63) is 0 Å². The maximum atomic E-state index is 8.92. The van der Waals surface area contributed by atoms with E-state index in [2.05, 4.69) is 5.32 Å². The van der Waals surface area contributed by atoms with Gasteiger partial charge in [0.25, 0.3) is 0 Å². The maximum Gasteiger partial charge on any atom is 0.123 e. The normalized spacial score (nSPS) is 17.3. The SMILES string of the molecule is CC(N)(O)CNCCN. The van der Waals surface area contributed by atoms with Crippen LogP contribution in [-0.4, -0.2) is 30.5 Å². The molecule has 0 aromatic heterocycles. The highest BCUT2D eigenvalue weighted by atomic mass is 16.3. The Morgan fingerprint density at radius 2 is 2.22 bits per heavy atom. The zero-order valence-corrected chi connectivity index (χ0v) is 5.72. The maximum absolute atomic E-state index is 8.92. The summed E-state index contributed by atoms with van der Waals surface area (Å²) in [5.74, 6) is 0. The molecule has 0 aliphatic rings. The Labute approximate surface area is 55.2 Å². The number of hydrogen-bond acceptors (Lipinski definition) is 4. The van der Waals surface area contributed by atoms with Crippen LogP contribution in [0.25, 0.3) is 0 Å². The second-order valence-electron chi connectivity index (χ2n) is 2.32. The van der Waals surface area contributed by atoms with Gasteiger partial charge in [0, 0.05) is 19.6 Å². The van der Waals surface area contributed by atoms with Gasteiger partial charge in [-0.05, 0) is 6.92 Å². The summed E-state index contributed by atoms with van der Waals surface area (Å²) in [5.41, 5.74) is 9.29. The van der Waals surface area contributed by atoms with E-state index in [0.717, 1.165) is 0 Å². The Kier molecular flexibility index (Phi) is 3.72. The lowest BCUT2D eigenvalue weighted by Crippen LogP contribution is -2.46. The quantitative estimate of drug-likeness (QED) is 0.269. The van der Waals surface area contributed by atoms with Crippen LogP contribution in [0.15, 0.2) is 0 Å². The first-order valence-corrected chi connectivity index (χ1v) is 2.98. The smallest absolute Gasteiger partial charge is 0.123 e. The fourth-order valence-electron chi connectivity index (χ4n) is 0.444. The Balaban J connectivity index is 3.07. The molecule has 4 nitrogen and oxygen atoms in total. The molecule has 0 spiro atoms. The summed E-state index contributed by atoms with van der Waals surface area (Å²) < 4.78 is 0. The Morgan fingerprint density at radius 3 is 2.56 bits per heavy atom. The van der Waals surface area contributed by atoms with Crippen molar-refractivity contribution in [3.63, 3.8) is 0 Å². The number of hydrogen-bond donors (Lipinski definition) is 4. The van der Waals surface area contributed by atoms with Crippen LogP contribution < -0.4 is 16.8 Å². The van der Waals surface area contributed by atoms with Crippen LogP contribution in [0.4, 0.5) is 0 Å². The molecule has 0 fully saturated rings. The predicted octanol–water partition coefficient (Wildman–Crippen LogP) is -1.80. The lowest BCUT2D eigenvalue weighted by molar-refractivity contribution is 0.0673. The molecule has 0 aliphatic heterocycles. The van der Waals surface area contributed by atoms with Gasteiger partial charge in [-0.15, -0.1) is 0 Å². The third kappa shape index (κ3) is 7.84. The largest absolute Gasteiger partial charge is 0.375 e. The molecule has 0 saturated heterocycles. The van der Waals surface area contributed by atoms with Crippen LogP contribution in [0.5, 0.6) is 0 Å². The minimum atomic E-state index is -1.12. The topological polar surface area (TPSA) is 84.3 Å². The molecule has 0 heterocycles. The van der Waals surface area contributed by atoms with Crippen LogP contribution in [-0.2, 0) is 0 Å². The van der Waals surface area contributed by atoms with Crippen molar-refractivity contribution in [2.75, 3.05) is 19.6 Å². The summed E-state index contributed by atoms with van der Waals surface area (Å²) in [6.07, 6.45) is 0. The average molecular weight is 133 g/mol. The molecular weight excluding hydrogens is 118 g/mol. The second kappa shape index (κ2) is 3.79. The number of aliphatic hydroxyl groups is 1. The monoisotopic (exact) mass is 133 g/mol. The zero-order valence-electron chi connectivity index (χ0n) is 5.72. The lowest BCUT2D eigenvalue weighted by atomic mass is 10.3. The lowest BCUT2D eigenvalue weighted by Gasteiger charge is -2.16. The summed E-state index contributed by atoms with van der Waals surface area (Å²) in [4.78, 5) is 0. The van der Waals surface area contributed by atoms with E-state index in [1.54, 1.807) is 0 Å². The standard InChI is InChI=1S/C5H15N3O/c1-5(7,9)4-8-3-2-6/h8-9H,2-4,6-7H2,1H3. The zero-order chi connectivity index (χ0) is 7.33. The fraction of sp³-hybridized carbons (Fsp3) is 1.00. The summed E-state index contributed by atoms with van der Waals surface area (Å²) in [5, 5.41) is 11.8. The molecule has 0 rings (SSSR count). The van der Waals surface area contributed by atoms with Gasteiger partial charge in [0.1, 0.15) is 5.72 Å². The predicted molar refractivity (Wildman–Crippen MR) is 36.7 cm³/mol. The van der Waals surface area contributed by atoms with Gasteiger partial charge in [-0.25, -0.2) is 0 Å². The van der Waals surface area contributed by atoms with E-state index in [4.69, 9.17) is 16.6 Å². The molecule has 0 radical (unpaired) electrons. The molecule has 0 aromatic rings. The first kappa shape index (κ1) is 8.84. The molecule has 9 heavy (non-hydrogen) atoms. The number of nitrogens with two attached hydrogens (primary N) is 2. The van der Waals surface area contributed by atoms with E-state index in [1.165, 1.54) is 6.92 Å². The van der Waals surface area contributed by atoms with Crippen LogP contribution in [0, 0.1) is 0 Å². The number of nitrogens with one attached hydrogen (secondary N) is 1. The molecule has 56 valence electrons. The van der Waals surface area contributed by atoms with Crippen LogP contribution >= 0.6 is 0 Å². The van der Waals surface area contributed by atoms with Gasteiger partial charge in [0.05, 0.1) is 0 Å². The molecule has 1 atom stereocenters. The second-order valence-corrected chi connectivity index (χ2v) is 2.32. The van der Waals surface area contributed by atoms with Crippen molar-refractivity contribution in [1.82, 2.24) is 5.32 Å². The van der Waals surface area contributed by atoms with Crippen molar-refractivity contribution in [1.29, 1.82) is 0 Å². The van der Waals surface area contributed by atoms with Crippen LogP contribution in [0.2, 0.25) is 0 Å². The van der Waals surface area contributed by atoms with E-state index in [0.29, 0.717) is 19.6 Å². The fourth-order valence-corrected chi connectivity index (χ4v) is 0.444. The molecule has 0 bridgehead atoms. The molecule has 0 aromatic carbocycles. The molecule has 0 amide bonds. The Hall–Kier alpha value is -0.160. The first-order chi connectivity index (χ1) is 4.06. The van der Waals surface area contributed by atoms with E-state index in [-0.39, 0.29) is 0 Å². The molecule has 1 unspecified atom stereocenters. The Morgan fingerprint density at radius 1 is 1.67 bits per heavy atom. The van der Waals surface area contributed by atoms with Crippen molar-refractivity contribution in [2.45, 2.75) is 12.6 Å². The highest BCUT2D eigenvalue weighted by molar-refractivity contribution is 4.65. The van der Waals surface area contributed by atoms with Gasteiger partial charge in [0.15, 0.2) is 0 Å². The van der Waals surface area contributed by atoms with Crippen LogP contribution in [0.3, 0.4) is 0 Å². The third-order valence-corrected chi connectivity index (χ3v) is 0.804. The minimum Gasteiger partial charge on any atom is -0.375 e. The molecule has 4 heteroatoms. The van der Waals surface area contributed by atoms with E-state index >= 15 is 0 Å². The highest BCUT2D eigenvalue weighted by Crippen LogP contribution is 1.86. The van der Waals surface area contributed by atoms with Crippen LogP contribution in [0.1, 0.15) is 6.92 Å². The molecule has 0 saturated carbocycles. The van der Waals surface area contributed by atoms with Gasteiger partial charge in [-0.3, -0.25) is 0 Å². The van der Waals surface area contributed by atoms with E-state index in [1.807, 2.05) is 0 Å². The third-order valence-electron chi connectivity index (χ3n) is 0.804. The van der Waals surface area contributed by atoms with Crippen molar-refractivity contribution in [3.8, 4) is 0 Å². The van der Waals surface area contributed by atoms with Gasteiger partial charge in [0.2, 0.25) is 0 Å². The average Bonchev–Trinajstić information content (AvgIpc) is 1.63. The molecule has 0 aliphatic carbocycles. The Bertz CT molecular complexity index is 69.1. The first-order valence-electron chi connectivity index (χ1n) is 2.98. The highest BCUT2D eigenvalue weighted by Gasteiger charge is 2.10. The summed E-state index contributed by atoms with van der Waals surface area (Å²) in [6, 6.07) is 0. The summed E-state index contributed by atoms with van der Waals surface area (Å²) >= 11 is 0. The van der Waals surface area contributed by atoms with E-state index < -0.39 is 5.72 Å². The molecule has 6 N–H and O–H groups in total. The van der Waals surface area contributed by atoms with Gasteiger partial charge < -0.3 is 21.9 Å². The van der Waals surface area contributed by atoms with E-state index in [9.17, 15) is 0 Å². The van der Waals surface area contributed by atoms with Gasteiger partial charge >= 0.3 is 0 Å². The molecular formula is C5H15N3O. The van der Waals surface area contributed by atoms with Crippen molar-refractivity contribution < 1.29 is 5.11 Å². The van der Waals surface area contributed by atoms with Gasteiger partial charge in [-0.1, -0.05) is 0 Å². The minimum absolute atomic E-state index is 0.379. The number of rotatable bonds is 4. The van der Waals surface area contributed by atoms with Gasteiger partial charge in [-0.2, -0.15) is 0 Å².